The van der Waals surface area contributed by atoms with Gasteiger partial charge in [-0.05, 0) is 63.1 Å². The minimum absolute atomic E-state index is 0.0731. The minimum Gasteiger partial charge on any atom is -0.306 e. The molecular weight excluding hydrogens is 372 g/mol. The predicted molar refractivity (Wildman–Crippen MR) is 114 cm³/mol. The molecule has 0 aliphatic heterocycles. The van der Waals surface area contributed by atoms with Crippen LogP contribution in [0.1, 0.15) is 49.2 Å². The first-order valence-electron chi connectivity index (χ1n) is 9.64. The Bertz CT molecular complexity index is 948. The molecule has 2 aromatic rings. The molecule has 2 rings (SSSR count). The van der Waals surface area contributed by atoms with Crippen molar-refractivity contribution >= 4 is 21.6 Å². The van der Waals surface area contributed by atoms with E-state index in [1.165, 1.54) is 10.4 Å². The number of hydrogen-bond acceptors (Lipinski definition) is 3. The molecule has 152 valence electrons. The average Bonchev–Trinajstić information content (AvgIpc) is 2.65. The Labute approximate surface area is 169 Å². The van der Waals surface area contributed by atoms with Gasteiger partial charge in [0.2, 0.25) is 10.0 Å². The summed E-state index contributed by atoms with van der Waals surface area (Å²) in [5.41, 5.74) is 3.27. The summed E-state index contributed by atoms with van der Waals surface area (Å²) in [6.45, 7) is 12.2. The zero-order valence-corrected chi connectivity index (χ0v) is 18.4. The number of nitrogens with zero attached hydrogens (tertiary/aromatic N) is 2. The van der Waals surface area contributed by atoms with Gasteiger partial charge >= 0.3 is 0 Å². The van der Waals surface area contributed by atoms with Crippen LogP contribution in [0, 0.1) is 13.8 Å². The van der Waals surface area contributed by atoms with Crippen molar-refractivity contribution in [3.05, 3.63) is 59.2 Å². The third-order valence-corrected chi connectivity index (χ3v) is 6.83. The van der Waals surface area contributed by atoms with Crippen LogP contribution in [-0.2, 0) is 10.0 Å². The summed E-state index contributed by atoms with van der Waals surface area (Å²) >= 11 is 0. The van der Waals surface area contributed by atoms with Gasteiger partial charge in [0.25, 0.3) is 5.91 Å². The van der Waals surface area contributed by atoms with Gasteiger partial charge in [0, 0.05) is 30.4 Å². The van der Waals surface area contributed by atoms with Crippen molar-refractivity contribution in [1.29, 1.82) is 0 Å². The topological polar surface area (TPSA) is 57.7 Å². The lowest BCUT2D eigenvalue weighted by Gasteiger charge is -2.29. The maximum atomic E-state index is 13.4. The van der Waals surface area contributed by atoms with Crippen LogP contribution in [-0.4, -0.2) is 37.8 Å². The van der Waals surface area contributed by atoms with Crippen molar-refractivity contribution in [2.75, 3.05) is 18.0 Å². The standard InChI is InChI=1S/C22H30N2O3S/c1-7-23(8-2)28(26,27)20-11-9-10-19(15-20)22(25)24(16(3)4)21-14-17(5)12-13-18(21)6/h9-16H,7-8H2,1-6H3. The summed E-state index contributed by atoms with van der Waals surface area (Å²) in [6, 6.07) is 12.3. The van der Waals surface area contributed by atoms with Gasteiger partial charge in [-0.1, -0.05) is 32.0 Å². The van der Waals surface area contributed by atoms with Crippen molar-refractivity contribution in [3.63, 3.8) is 0 Å². The summed E-state index contributed by atoms with van der Waals surface area (Å²) in [5, 5.41) is 0. The van der Waals surface area contributed by atoms with E-state index in [2.05, 4.69) is 0 Å². The SMILES string of the molecule is CCN(CC)S(=O)(=O)c1cccc(C(=O)N(c2cc(C)ccc2C)C(C)C)c1. The number of hydrogen-bond donors (Lipinski definition) is 0. The fraction of sp³-hybridized carbons (Fsp3) is 0.409. The van der Waals surface area contributed by atoms with Crippen LogP contribution in [0.2, 0.25) is 0 Å². The summed E-state index contributed by atoms with van der Waals surface area (Å²) in [7, 11) is -3.62. The fourth-order valence-electron chi connectivity index (χ4n) is 3.24. The summed E-state index contributed by atoms with van der Waals surface area (Å²) < 4.78 is 27.1. The number of aryl methyl sites for hydroxylation is 2. The quantitative estimate of drug-likeness (QED) is 0.690. The molecule has 0 saturated carbocycles. The highest BCUT2D eigenvalue weighted by Crippen LogP contribution is 2.26. The fourth-order valence-corrected chi connectivity index (χ4v) is 4.75. The van der Waals surface area contributed by atoms with Crippen LogP contribution in [0.15, 0.2) is 47.4 Å². The predicted octanol–water partition coefficient (Wildman–Crippen LogP) is 4.39. The summed E-state index contributed by atoms with van der Waals surface area (Å²) in [6.07, 6.45) is 0. The molecule has 6 heteroatoms. The molecule has 0 aliphatic carbocycles. The smallest absolute Gasteiger partial charge is 0.258 e. The van der Waals surface area contributed by atoms with E-state index in [9.17, 15) is 13.2 Å². The Morgan fingerprint density at radius 1 is 1.00 bits per heavy atom. The van der Waals surface area contributed by atoms with Gasteiger partial charge in [0.1, 0.15) is 0 Å². The van der Waals surface area contributed by atoms with Crippen molar-refractivity contribution in [2.45, 2.75) is 52.5 Å². The second-order valence-electron chi connectivity index (χ2n) is 7.18. The molecule has 0 radical (unpaired) electrons. The minimum atomic E-state index is -3.62. The molecule has 0 N–H and O–H groups in total. The molecule has 0 aromatic heterocycles. The largest absolute Gasteiger partial charge is 0.306 e. The molecule has 5 nitrogen and oxygen atoms in total. The monoisotopic (exact) mass is 402 g/mol. The van der Waals surface area contributed by atoms with Gasteiger partial charge in [-0.25, -0.2) is 8.42 Å². The number of carbonyl (C=O) groups is 1. The number of amides is 1. The van der Waals surface area contributed by atoms with Gasteiger partial charge in [-0.3, -0.25) is 4.79 Å². The lowest BCUT2D eigenvalue weighted by atomic mass is 10.1. The maximum absolute atomic E-state index is 13.4. The zero-order valence-electron chi connectivity index (χ0n) is 17.6. The highest BCUT2D eigenvalue weighted by Gasteiger charge is 2.26. The van der Waals surface area contributed by atoms with Crippen LogP contribution in [0.3, 0.4) is 0 Å². The average molecular weight is 403 g/mol. The Balaban J connectivity index is 2.52. The van der Waals surface area contributed by atoms with E-state index in [-0.39, 0.29) is 16.8 Å². The Hall–Kier alpha value is -2.18. The van der Waals surface area contributed by atoms with Gasteiger partial charge in [0.15, 0.2) is 0 Å². The lowest BCUT2D eigenvalue weighted by molar-refractivity contribution is 0.0980. The molecule has 0 heterocycles. The van der Waals surface area contributed by atoms with E-state index in [1.807, 2.05) is 45.9 Å². The maximum Gasteiger partial charge on any atom is 0.258 e. The van der Waals surface area contributed by atoms with E-state index in [0.717, 1.165) is 16.8 Å². The van der Waals surface area contributed by atoms with E-state index in [0.29, 0.717) is 18.7 Å². The van der Waals surface area contributed by atoms with Gasteiger partial charge < -0.3 is 4.90 Å². The normalized spacial score (nSPS) is 11.9. The second-order valence-corrected chi connectivity index (χ2v) is 9.11. The summed E-state index contributed by atoms with van der Waals surface area (Å²) in [4.78, 5) is 15.2. The Morgan fingerprint density at radius 3 is 2.21 bits per heavy atom. The molecule has 0 unspecified atom stereocenters. The van der Waals surface area contributed by atoms with E-state index in [4.69, 9.17) is 0 Å². The van der Waals surface area contributed by atoms with Crippen molar-refractivity contribution < 1.29 is 13.2 Å². The molecule has 2 aromatic carbocycles. The van der Waals surface area contributed by atoms with Crippen LogP contribution >= 0.6 is 0 Å². The molecule has 0 spiro atoms. The van der Waals surface area contributed by atoms with Crippen LogP contribution in [0.4, 0.5) is 5.69 Å². The van der Waals surface area contributed by atoms with Gasteiger partial charge in [0.05, 0.1) is 4.90 Å². The number of sulfonamides is 1. The number of benzene rings is 2. The molecule has 0 bridgehead atoms. The zero-order chi connectivity index (χ0) is 21.1. The van der Waals surface area contributed by atoms with Crippen LogP contribution < -0.4 is 4.90 Å². The third-order valence-electron chi connectivity index (χ3n) is 4.78. The molecular formula is C22H30N2O3S. The van der Waals surface area contributed by atoms with Crippen molar-refractivity contribution in [2.24, 2.45) is 0 Å². The highest BCUT2D eigenvalue weighted by atomic mass is 32.2. The number of anilines is 1. The molecule has 0 fully saturated rings. The highest BCUT2D eigenvalue weighted by molar-refractivity contribution is 7.89. The molecule has 28 heavy (non-hydrogen) atoms. The first-order valence-corrected chi connectivity index (χ1v) is 11.1. The van der Waals surface area contributed by atoms with Crippen molar-refractivity contribution in [3.8, 4) is 0 Å². The molecule has 0 aliphatic rings. The Morgan fingerprint density at radius 2 is 1.64 bits per heavy atom. The van der Waals surface area contributed by atoms with Crippen LogP contribution in [0.25, 0.3) is 0 Å². The number of rotatable bonds is 7. The lowest BCUT2D eigenvalue weighted by Crippen LogP contribution is -2.38. The van der Waals surface area contributed by atoms with Gasteiger partial charge in [-0.2, -0.15) is 4.31 Å². The van der Waals surface area contributed by atoms with Gasteiger partial charge in [-0.15, -0.1) is 0 Å². The molecule has 0 saturated heterocycles. The first-order chi connectivity index (χ1) is 13.1. The first kappa shape index (κ1) is 22.1. The van der Waals surface area contributed by atoms with E-state index >= 15 is 0 Å². The van der Waals surface area contributed by atoms with E-state index < -0.39 is 10.0 Å². The van der Waals surface area contributed by atoms with Crippen LogP contribution in [0.5, 0.6) is 0 Å². The third kappa shape index (κ3) is 4.45. The molecule has 1 amide bonds. The Kier molecular flexibility index (Phi) is 7.01. The van der Waals surface area contributed by atoms with E-state index in [1.54, 1.807) is 36.9 Å². The second kappa shape index (κ2) is 8.88. The van der Waals surface area contributed by atoms with Crippen molar-refractivity contribution in [1.82, 2.24) is 4.31 Å². The molecule has 0 atom stereocenters. The number of carbonyl (C=O) groups excluding carboxylic acids is 1. The summed E-state index contributed by atoms with van der Waals surface area (Å²) in [5.74, 6) is -0.208.